The summed E-state index contributed by atoms with van der Waals surface area (Å²) in [6.45, 7) is 13.0. The molecule has 1 saturated heterocycles. The molecule has 0 radical (unpaired) electrons. The number of cyclic esters (lactones) is 1. The molecule has 2 rings (SSSR count). The van der Waals surface area contributed by atoms with Gasteiger partial charge in [0.25, 0.3) is 0 Å². The van der Waals surface area contributed by atoms with Crippen LogP contribution in [0.4, 0.5) is 0 Å². The summed E-state index contributed by atoms with van der Waals surface area (Å²) in [7, 11) is 0. The molecule has 4 nitrogen and oxygen atoms in total. The van der Waals surface area contributed by atoms with Crippen LogP contribution in [0, 0.1) is 23.7 Å². The number of hydrogen-bond donors (Lipinski definition) is 1. The van der Waals surface area contributed by atoms with Crippen molar-refractivity contribution < 1.29 is 19.4 Å². The van der Waals surface area contributed by atoms with E-state index in [2.05, 4.69) is 58.9 Å². The predicted molar refractivity (Wildman–Crippen MR) is 131 cm³/mol. The van der Waals surface area contributed by atoms with Gasteiger partial charge in [-0.1, -0.05) is 77.8 Å². The number of carbonyl (C=O) groups is 1. The van der Waals surface area contributed by atoms with E-state index in [0.717, 1.165) is 31.3 Å². The van der Waals surface area contributed by atoms with E-state index < -0.39 is 12.1 Å². The molecule has 1 fully saturated rings. The summed E-state index contributed by atoms with van der Waals surface area (Å²) in [5, 5.41) is 10.2. The van der Waals surface area contributed by atoms with Crippen LogP contribution >= 0.6 is 0 Å². The molecular weight excluding hydrogens is 400 g/mol. The van der Waals surface area contributed by atoms with Crippen molar-refractivity contribution in [3.05, 3.63) is 36.0 Å². The van der Waals surface area contributed by atoms with Crippen LogP contribution in [0.5, 0.6) is 0 Å². The predicted octanol–water partition coefficient (Wildman–Crippen LogP) is 6.39. The van der Waals surface area contributed by atoms with Crippen molar-refractivity contribution in [3.63, 3.8) is 0 Å². The molecule has 2 aliphatic rings. The van der Waals surface area contributed by atoms with Crippen LogP contribution in [-0.2, 0) is 14.3 Å². The highest BCUT2D eigenvalue weighted by molar-refractivity contribution is 5.74. The molecule has 0 amide bonds. The number of rotatable bonds is 8. The van der Waals surface area contributed by atoms with Crippen molar-refractivity contribution >= 4 is 5.97 Å². The first-order valence-electron chi connectivity index (χ1n) is 12.8. The van der Waals surface area contributed by atoms with Crippen LogP contribution in [0.25, 0.3) is 0 Å². The molecule has 2 heterocycles. The third-order valence-electron chi connectivity index (χ3n) is 6.92. The zero-order valence-electron chi connectivity index (χ0n) is 21.1. The summed E-state index contributed by atoms with van der Waals surface area (Å²) in [4.78, 5) is 12.5. The Labute approximate surface area is 196 Å². The average Bonchev–Trinajstić information content (AvgIpc) is 3.50. The van der Waals surface area contributed by atoms with Crippen LogP contribution in [0.2, 0.25) is 0 Å². The molecule has 2 aliphatic heterocycles. The summed E-state index contributed by atoms with van der Waals surface area (Å²) < 4.78 is 11.7. The van der Waals surface area contributed by atoms with Gasteiger partial charge < -0.3 is 14.6 Å². The van der Waals surface area contributed by atoms with Crippen molar-refractivity contribution in [2.45, 2.75) is 111 Å². The molecular formula is C28H46O4. The summed E-state index contributed by atoms with van der Waals surface area (Å²) in [5.41, 5.74) is 0.994. The molecule has 32 heavy (non-hydrogen) atoms. The van der Waals surface area contributed by atoms with Gasteiger partial charge >= 0.3 is 5.97 Å². The molecule has 0 bridgehead atoms. The fraction of sp³-hybridized carbons (Fsp3) is 0.750. The Bertz CT molecular complexity index is 664. The number of carbonyl (C=O) groups excluding carboxylic acids is 1. The maximum Gasteiger partial charge on any atom is 0.335 e. The maximum atomic E-state index is 12.5. The van der Waals surface area contributed by atoms with Crippen LogP contribution < -0.4 is 0 Å². The second kappa shape index (κ2) is 13.3. The summed E-state index contributed by atoms with van der Waals surface area (Å²) in [5.74, 6) is 1.18. The van der Waals surface area contributed by atoms with Gasteiger partial charge in [0.05, 0.1) is 12.2 Å². The van der Waals surface area contributed by atoms with Crippen molar-refractivity contribution in [2.75, 3.05) is 0 Å². The third kappa shape index (κ3) is 8.86. The molecule has 182 valence electrons. The number of ether oxygens (including phenoxy) is 2. The lowest BCUT2D eigenvalue weighted by Crippen LogP contribution is -2.32. The lowest BCUT2D eigenvalue weighted by Gasteiger charge is -2.25. The fourth-order valence-electron chi connectivity index (χ4n) is 4.74. The second-order valence-electron chi connectivity index (χ2n) is 10.3. The van der Waals surface area contributed by atoms with Crippen LogP contribution in [0.15, 0.2) is 36.0 Å². The van der Waals surface area contributed by atoms with Gasteiger partial charge in [0.2, 0.25) is 0 Å². The number of hydrogen-bond acceptors (Lipinski definition) is 4. The van der Waals surface area contributed by atoms with Gasteiger partial charge in [0, 0.05) is 5.92 Å². The Hall–Kier alpha value is -1.39. The van der Waals surface area contributed by atoms with Crippen molar-refractivity contribution in [1.29, 1.82) is 0 Å². The van der Waals surface area contributed by atoms with Gasteiger partial charge in [-0.15, -0.1) is 0 Å². The molecule has 0 spiro atoms. The first-order chi connectivity index (χ1) is 15.2. The Kier molecular flexibility index (Phi) is 11.2. The van der Waals surface area contributed by atoms with Gasteiger partial charge in [-0.3, -0.25) is 0 Å². The van der Waals surface area contributed by atoms with Gasteiger partial charge in [0.1, 0.15) is 6.10 Å². The molecule has 0 aromatic rings. The Morgan fingerprint density at radius 3 is 2.75 bits per heavy atom. The molecule has 1 N–H and O–H groups in total. The largest absolute Gasteiger partial charge is 0.455 e. The third-order valence-corrected chi connectivity index (χ3v) is 6.92. The van der Waals surface area contributed by atoms with E-state index in [9.17, 15) is 9.90 Å². The van der Waals surface area contributed by atoms with Gasteiger partial charge in [-0.05, 0) is 62.4 Å². The fourth-order valence-corrected chi connectivity index (χ4v) is 4.74. The quantitative estimate of drug-likeness (QED) is 0.203. The van der Waals surface area contributed by atoms with Crippen LogP contribution in [-0.4, -0.2) is 35.5 Å². The van der Waals surface area contributed by atoms with Gasteiger partial charge in [-0.25, -0.2) is 4.79 Å². The van der Waals surface area contributed by atoms with E-state index >= 15 is 0 Å². The van der Waals surface area contributed by atoms with E-state index in [-0.39, 0.29) is 12.0 Å². The highest BCUT2D eigenvalue weighted by atomic mass is 16.6. The topological polar surface area (TPSA) is 59.1 Å². The highest BCUT2D eigenvalue weighted by Crippen LogP contribution is 2.36. The van der Waals surface area contributed by atoms with Crippen molar-refractivity contribution in [2.24, 2.45) is 23.7 Å². The molecule has 0 aromatic heterocycles. The number of aliphatic hydroxyl groups excluding tert-OH is 1. The number of epoxide rings is 1. The Morgan fingerprint density at radius 2 is 2.03 bits per heavy atom. The van der Waals surface area contributed by atoms with Crippen molar-refractivity contribution in [3.8, 4) is 0 Å². The van der Waals surface area contributed by atoms with E-state index in [1.54, 1.807) is 0 Å². The summed E-state index contributed by atoms with van der Waals surface area (Å²) >= 11 is 0. The highest BCUT2D eigenvalue weighted by Gasteiger charge is 2.42. The Morgan fingerprint density at radius 1 is 1.28 bits per heavy atom. The Balaban J connectivity index is 1.97. The first kappa shape index (κ1) is 26.9. The molecule has 8 unspecified atom stereocenters. The second-order valence-corrected chi connectivity index (χ2v) is 10.3. The standard InChI is InChI=1S/C28H46O4/c1-7-11-21(4)27-25(31-27)18-20(3)14-9-16-23(6)26-22(5)15-8-12-19(2)13-10-17-24(29)28(30)32-26/h8-9,14-16,19-22,24-27,29H,7,10-13,17-18H2,1-6H3. The minimum absolute atomic E-state index is 0.0560. The zero-order valence-corrected chi connectivity index (χ0v) is 21.1. The average molecular weight is 447 g/mol. The van der Waals surface area contributed by atoms with Crippen LogP contribution in [0.3, 0.4) is 0 Å². The zero-order chi connectivity index (χ0) is 23.7. The minimum Gasteiger partial charge on any atom is -0.455 e. The van der Waals surface area contributed by atoms with Gasteiger partial charge in [-0.2, -0.15) is 0 Å². The number of allylic oxidation sites excluding steroid dienone is 4. The molecule has 8 atom stereocenters. The van der Waals surface area contributed by atoms with Crippen molar-refractivity contribution in [1.82, 2.24) is 0 Å². The molecule has 0 saturated carbocycles. The van der Waals surface area contributed by atoms with E-state index in [1.807, 2.05) is 13.0 Å². The monoisotopic (exact) mass is 446 g/mol. The first-order valence-corrected chi connectivity index (χ1v) is 12.8. The van der Waals surface area contributed by atoms with Gasteiger partial charge in [0.15, 0.2) is 6.10 Å². The normalized spacial score (nSPS) is 34.5. The SMILES string of the molecule is CCCC(C)C1OC1CC(C)C=CC=C(C)C1OC(=O)C(O)CCCC(C)CC=CC1C. The minimum atomic E-state index is -1.04. The van der Waals surface area contributed by atoms with E-state index in [4.69, 9.17) is 9.47 Å². The maximum absolute atomic E-state index is 12.5. The van der Waals surface area contributed by atoms with E-state index in [0.29, 0.717) is 36.4 Å². The van der Waals surface area contributed by atoms with E-state index in [1.165, 1.54) is 12.8 Å². The van der Waals surface area contributed by atoms with Crippen LogP contribution in [0.1, 0.15) is 86.5 Å². The number of esters is 1. The summed E-state index contributed by atoms with van der Waals surface area (Å²) in [6.07, 6.45) is 16.9. The molecule has 0 aromatic carbocycles. The summed E-state index contributed by atoms with van der Waals surface area (Å²) in [6, 6.07) is 0. The molecule has 0 aliphatic carbocycles. The lowest BCUT2D eigenvalue weighted by molar-refractivity contribution is -0.159. The smallest absolute Gasteiger partial charge is 0.335 e. The lowest BCUT2D eigenvalue weighted by atomic mass is 9.93. The molecule has 4 heteroatoms. The number of aliphatic hydroxyl groups is 1.